The molecule has 1 N–H and O–H groups in total. The molecule has 0 aromatic heterocycles. The summed E-state index contributed by atoms with van der Waals surface area (Å²) >= 11 is 0. The summed E-state index contributed by atoms with van der Waals surface area (Å²) in [5.74, 6) is 0. The van der Waals surface area contributed by atoms with E-state index in [1.54, 1.807) is 7.11 Å². The minimum Gasteiger partial charge on any atom is -0.368 e. The molecule has 3 aliphatic rings. The molecule has 0 aliphatic carbocycles. The first-order valence-corrected chi connectivity index (χ1v) is 6.10. The van der Waals surface area contributed by atoms with Crippen molar-refractivity contribution >= 4 is 0 Å². The monoisotopic (exact) mass is 245 g/mol. The van der Waals surface area contributed by atoms with Gasteiger partial charge in [0.1, 0.15) is 6.10 Å². The zero-order chi connectivity index (χ0) is 12.0. The molecule has 0 spiro atoms. The molecule has 17 heavy (non-hydrogen) atoms. The highest BCUT2D eigenvalue weighted by molar-refractivity contribution is 4.97. The molecule has 3 fully saturated rings. The summed E-state index contributed by atoms with van der Waals surface area (Å²) < 4.78 is 22.2. The van der Waals surface area contributed by atoms with Gasteiger partial charge in [-0.15, -0.1) is 0 Å². The van der Waals surface area contributed by atoms with Crippen molar-refractivity contribution in [3.05, 3.63) is 0 Å². The minimum atomic E-state index is -0.697. The topological polar surface area (TPSA) is 60.4 Å². The third-order valence-corrected chi connectivity index (χ3v) is 3.80. The fourth-order valence-corrected chi connectivity index (χ4v) is 3.04. The Morgan fingerprint density at radius 2 is 2.18 bits per heavy atom. The van der Waals surface area contributed by atoms with Gasteiger partial charge in [-0.3, -0.25) is 4.90 Å². The lowest BCUT2D eigenvalue weighted by Gasteiger charge is -2.39. The van der Waals surface area contributed by atoms with Crippen LogP contribution in [0.1, 0.15) is 13.3 Å². The lowest BCUT2D eigenvalue weighted by atomic mass is 9.99. The molecule has 0 aromatic rings. The molecule has 0 aromatic carbocycles. The van der Waals surface area contributed by atoms with Crippen molar-refractivity contribution in [1.82, 2.24) is 4.90 Å². The van der Waals surface area contributed by atoms with Crippen LogP contribution in [0.5, 0.6) is 0 Å². The van der Waals surface area contributed by atoms with Gasteiger partial charge in [0, 0.05) is 26.1 Å². The Morgan fingerprint density at radius 3 is 2.94 bits per heavy atom. The summed E-state index contributed by atoms with van der Waals surface area (Å²) in [7, 11) is 1.62. The number of morpholine rings is 1. The predicted octanol–water partition coefficient (Wildman–Crippen LogP) is -0.488. The number of rotatable bonds is 1. The Hall–Kier alpha value is -0.240. The van der Waals surface area contributed by atoms with Gasteiger partial charge in [0.2, 0.25) is 0 Å². The molecule has 3 aliphatic heterocycles. The number of aliphatic hydroxyl groups excluding tert-OH is 1. The predicted molar refractivity (Wildman–Crippen MR) is 57.1 cm³/mol. The number of hydrogen-bond donors (Lipinski definition) is 1. The normalized spacial score (nSPS) is 51.0. The summed E-state index contributed by atoms with van der Waals surface area (Å²) in [4.78, 5) is 2.23. The summed E-state index contributed by atoms with van der Waals surface area (Å²) in [5, 5.41) is 9.67. The summed E-state index contributed by atoms with van der Waals surface area (Å²) in [6, 6.07) is 0.195. The van der Waals surface area contributed by atoms with Crippen LogP contribution in [-0.4, -0.2) is 67.3 Å². The fourth-order valence-electron chi connectivity index (χ4n) is 3.04. The van der Waals surface area contributed by atoms with Crippen molar-refractivity contribution in [1.29, 1.82) is 0 Å². The maximum Gasteiger partial charge on any atom is 0.197 e. The molecule has 1 unspecified atom stereocenters. The highest BCUT2D eigenvalue weighted by atomic mass is 16.7. The average Bonchev–Trinajstić information content (AvgIpc) is 2.68. The SMILES string of the molecule is CO[C@H]1OCCN2[C@@H]1O[C@@H]1[C@H](C)OC(O)C[C@@H]12. The molecule has 6 heteroatoms. The second-order valence-electron chi connectivity index (χ2n) is 4.80. The number of ether oxygens (including phenoxy) is 4. The van der Waals surface area contributed by atoms with Crippen molar-refractivity contribution in [2.45, 2.75) is 50.4 Å². The van der Waals surface area contributed by atoms with Gasteiger partial charge in [0.15, 0.2) is 18.8 Å². The average molecular weight is 245 g/mol. The third kappa shape index (κ3) is 1.89. The van der Waals surface area contributed by atoms with E-state index < -0.39 is 6.29 Å². The van der Waals surface area contributed by atoms with Crippen LogP contribution < -0.4 is 0 Å². The van der Waals surface area contributed by atoms with Crippen LogP contribution in [-0.2, 0) is 18.9 Å². The van der Waals surface area contributed by atoms with Crippen LogP contribution in [0.25, 0.3) is 0 Å². The van der Waals surface area contributed by atoms with E-state index in [1.807, 2.05) is 6.92 Å². The smallest absolute Gasteiger partial charge is 0.197 e. The van der Waals surface area contributed by atoms with Crippen LogP contribution in [0.2, 0.25) is 0 Å². The molecule has 0 saturated carbocycles. The van der Waals surface area contributed by atoms with Gasteiger partial charge in [0.05, 0.1) is 12.7 Å². The first-order chi connectivity index (χ1) is 8.20. The Morgan fingerprint density at radius 1 is 1.35 bits per heavy atom. The molecule has 3 rings (SSSR count). The van der Waals surface area contributed by atoms with Crippen LogP contribution in [0.4, 0.5) is 0 Å². The highest BCUT2D eigenvalue weighted by Crippen LogP contribution is 2.37. The zero-order valence-electron chi connectivity index (χ0n) is 10.1. The van der Waals surface area contributed by atoms with Gasteiger partial charge >= 0.3 is 0 Å². The van der Waals surface area contributed by atoms with E-state index in [2.05, 4.69) is 4.90 Å². The first-order valence-electron chi connectivity index (χ1n) is 6.10. The quantitative estimate of drug-likeness (QED) is 0.673. The molecule has 98 valence electrons. The molecule has 0 amide bonds. The summed E-state index contributed by atoms with van der Waals surface area (Å²) in [6.07, 6.45) is -0.757. The zero-order valence-corrected chi connectivity index (χ0v) is 10.1. The van der Waals surface area contributed by atoms with Crippen LogP contribution >= 0.6 is 0 Å². The van der Waals surface area contributed by atoms with Gasteiger partial charge in [-0.25, -0.2) is 0 Å². The van der Waals surface area contributed by atoms with Gasteiger partial charge in [-0.1, -0.05) is 0 Å². The van der Waals surface area contributed by atoms with E-state index in [-0.39, 0.29) is 30.8 Å². The lowest BCUT2D eigenvalue weighted by molar-refractivity contribution is -0.248. The molecule has 6 atom stereocenters. The van der Waals surface area contributed by atoms with Gasteiger partial charge < -0.3 is 24.1 Å². The second kappa shape index (κ2) is 4.46. The molecular formula is C11H19NO5. The maximum atomic E-state index is 9.67. The summed E-state index contributed by atoms with van der Waals surface area (Å²) in [6.45, 7) is 3.37. The number of hydrogen-bond acceptors (Lipinski definition) is 6. The number of methoxy groups -OCH3 is 1. The Balaban J connectivity index is 1.80. The molecule has 3 saturated heterocycles. The molecule has 0 radical (unpaired) electrons. The van der Waals surface area contributed by atoms with E-state index in [4.69, 9.17) is 18.9 Å². The number of nitrogens with zero attached hydrogens (tertiary/aromatic N) is 1. The molecular weight excluding hydrogens is 226 g/mol. The van der Waals surface area contributed by atoms with Crippen LogP contribution in [0.15, 0.2) is 0 Å². The van der Waals surface area contributed by atoms with Crippen molar-refractivity contribution in [2.75, 3.05) is 20.3 Å². The fraction of sp³-hybridized carbons (Fsp3) is 1.00. The molecule has 6 nitrogen and oxygen atoms in total. The number of aliphatic hydroxyl groups is 1. The third-order valence-electron chi connectivity index (χ3n) is 3.80. The van der Waals surface area contributed by atoms with Gasteiger partial charge in [-0.05, 0) is 6.92 Å². The Bertz CT molecular complexity index is 289. The maximum absolute atomic E-state index is 9.67. The van der Waals surface area contributed by atoms with E-state index >= 15 is 0 Å². The highest BCUT2D eigenvalue weighted by Gasteiger charge is 2.52. The first kappa shape index (κ1) is 11.8. The van der Waals surface area contributed by atoms with Crippen molar-refractivity contribution in [3.8, 4) is 0 Å². The van der Waals surface area contributed by atoms with E-state index in [0.717, 1.165) is 6.54 Å². The van der Waals surface area contributed by atoms with E-state index in [9.17, 15) is 5.11 Å². The van der Waals surface area contributed by atoms with Crippen molar-refractivity contribution < 1.29 is 24.1 Å². The summed E-state index contributed by atoms with van der Waals surface area (Å²) in [5.41, 5.74) is 0. The second-order valence-corrected chi connectivity index (χ2v) is 4.80. The molecule has 0 bridgehead atoms. The lowest BCUT2D eigenvalue weighted by Crippen LogP contribution is -2.54. The minimum absolute atomic E-state index is 0.0113. The van der Waals surface area contributed by atoms with Crippen LogP contribution in [0.3, 0.4) is 0 Å². The van der Waals surface area contributed by atoms with Crippen molar-refractivity contribution in [3.63, 3.8) is 0 Å². The van der Waals surface area contributed by atoms with E-state index in [0.29, 0.717) is 13.0 Å². The van der Waals surface area contributed by atoms with Crippen LogP contribution in [0, 0.1) is 0 Å². The Kier molecular flexibility index (Phi) is 3.10. The number of fused-ring (bicyclic) bond motifs is 3. The van der Waals surface area contributed by atoms with Crippen molar-refractivity contribution in [2.24, 2.45) is 0 Å². The molecule has 3 heterocycles. The Labute approximate surface area is 100 Å². The largest absolute Gasteiger partial charge is 0.368 e. The van der Waals surface area contributed by atoms with Gasteiger partial charge in [0.25, 0.3) is 0 Å². The standard InChI is InChI=1S/C11H19NO5/c1-6-9-7(5-8(13)16-6)12-3-4-15-11(14-2)10(12)17-9/h6-11,13H,3-5H2,1-2H3/t6-,7-,8?,9+,10+,11-/m0/s1. The van der Waals surface area contributed by atoms with Gasteiger partial charge in [-0.2, -0.15) is 0 Å². The van der Waals surface area contributed by atoms with E-state index in [1.165, 1.54) is 0 Å².